The number of ether oxygens (including phenoxy) is 1. The fourth-order valence-electron chi connectivity index (χ4n) is 2.04. The van der Waals surface area contributed by atoms with E-state index in [4.69, 9.17) is 4.74 Å². The van der Waals surface area contributed by atoms with Gasteiger partial charge in [0.25, 0.3) is 0 Å². The molecule has 6 heteroatoms. The monoisotopic (exact) mass is 257 g/mol. The van der Waals surface area contributed by atoms with Gasteiger partial charge in [0.15, 0.2) is 23.3 Å². The quantitative estimate of drug-likeness (QED) is 0.879. The molecule has 1 aromatic heterocycles. The molecule has 1 unspecified atom stereocenters. The Kier molecular flexibility index (Phi) is 3.96. The first-order valence-corrected chi connectivity index (χ1v) is 6.02. The van der Waals surface area contributed by atoms with E-state index in [0.29, 0.717) is 19.7 Å². The summed E-state index contributed by atoms with van der Waals surface area (Å²) >= 11 is 0. The summed E-state index contributed by atoms with van der Waals surface area (Å²) < 4.78 is 32.6. The third kappa shape index (κ3) is 2.69. The lowest BCUT2D eigenvalue weighted by molar-refractivity contribution is 0.0820. The van der Waals surface area contributed by atoms with Crippen molar-refractivity contribution < 1.29 is 13.5 Å². The van der Waals surface area contributed by atoms with Crippen LogP contribution in [0, 0.1) is 11.6 Å². The summed E-state index contributed by atoms with van der Waals surface area (Å²) in [5, 5.41) is 2.62. The molecule has 0 bridgehead atoms. The highest BCUT2D eigenvalue weighted by Crippen LogP contribution is 2.23. The van der Waals surface area contributed by atoms with E-state index >= 15 is 0 Å². The summed E-state index contributed by atoms with van der Waals surface area (Å²) in [7, 11) is 1.56. The Morgan fingerprint density at radius 1 is 1.44 bits per heavy atom. The molecule has 0 aliphatic carbocycles. The van der Waals surface area contributed by atoms with E-state index in [0.717, 1.165) is 12.5 Å². The molecule has 1 aliphatic rings. The lowest BCUT2D eigenvalue weighted by atomic mass is 10.3. The Balaban J connectivity index is 2.30. The zero-order valence-electron chi connectivity index (χ0n) is 10.5. The van der Waals surface area contributed by atoms with Crippen LogP contribution in [0.3, 0.4) is 0 Å². The van der Waals surface area contributed by atoms with E-state index in [1.54, 1.807) is 11.9 Å². The van der Waals surface area contributed by atoms with Gasteiger partial charge < -0.3 is 15.0 Å². The second-order valence-corrected chi connectivity index (χ2v) is 4.36. The Labute approximate surface area is 105 Å². The fraction of sp³-hybridized carbons (Fsp3) is 0.583. The number of nitrogens with zero attached hydrogens (tertiary/aromatic N) is 2. The molecule has 1 fully saturated rings. The molecule has 1 aliphatic heterocycles. The van der Waals surface area contributed by atoms with Crippen molar-refractivity contribution in [2.45, 2.75) is 19.4 Å². The van der Waals surface area contributed by atoms with Crippen molar-refractivity contribution in [3.05, 3.63) is 17.7 Å². The Morgan fingerprint density at radius 3 is 2.94 bits per heavy atom. The smallest absolute Gasteiger partial charge is 0.168 e. The normalized spacial score (nSPS) is 20.7. The Bertz CT molecular complexity index is 428. The topological polar surface area (TPSA) is 37.4 Å². The molecule has 1 aromatic rings. The van der Waals surface area contributed by atoms with Crippen molar-refractivity contribution in [1.82, 2.24) is 4.98 Å². The summed E-state index contributed by atoms with van der Waals surface area (Å²) in [4.78, 5) is 5.80. The number of hydrogen-bond acceptors (Lipinski definition) is 4. The first-order chi connectivity index (χ1) is 8.61. The molecule has 2 heterocycles. The van der Waals surface area contributed by atoms with Crippen molar-refractivity contribution in [2.24, 2.45) is 0 Å². The number of hydrogen-bond donors (Lipinski definition) is 1. The minimum absolute atomic E-state index is 0.0109. The number of pyridine rings is 1. The minimum Gasteiger partial charge on any atom is -0.377 e. The van der Waals surface area contributed by atoms with Crippen LogP contribution in [0.15, 0.2) is 6.07 Å². The molecule has 0 saturated carbocycles. The van der Waals surface area contributed by atoms with Crippen molar-refractivity contribution >= 4 is 11.6 Å². The minimum atomic E-state index is -0.683. The second kappa shape index (κ2) is 5.48. The van der Waals surface area contributed by atoms with Gasteiger partial charge >= 0.3 is 0 Å². The van der Waals surface area contributed by atoms with E-state index < -0.39 is 11.6 Å². The van der Waals surface area contributed by atoms with Crippen molar-refractivity contribution in [2.75, 3.05) is 37.0 Å². The molecule has 0 spiro atoms. The predicted octanol–water partition coefficient (Wildman–Crippen LogP) is 2.02. The summed E-state index contributed by atoms with van der Waals surface area (Å²) in [6.07, 6.45) is 0.814. The largest absolute Gasteiger partial charge is 0.377 e. The maximum atomic E-state index is 13.8. The van der Waals surface area contributed by atoms with E-state index in [1.165, 1.54) is 0 Å². The van der Waals surface area contributed by atoms with Crippen molar-refractivity contribution in [3.8, 4) is 0 Å². The van der Waals surface area contributed by atoms with Crippen LogP contribution in [-0.4, -0.2) is 37.8 Å². The summed E-state index contributed by atoms with van der Waals surface area (Å²) in [5.41, 5.74) is 0. The van der Waals surface area contributed by atoms with Gasteiger partial charge in [-0.05, 0) is 13.3 Å². The summed E-state index contributed by atoms with van der Waals surface area (Å²) in [5.74, 6) is -1.08. The molecule has 0 amide bonds. The molecular formula is C12H17F2N3O. The van der Waals surface area contributed by atoms with Gasteiger partial charge in [0.1, 0.15) is 0 Å². The molecule has 1 saturated heterocycles. The first-order valence-electron chi connectivity index (χ1n) is 6.02. The highest BCUT2D eigenvalue weighted by atomic mass is 19.1. The fourth-order valence-corrected chi connectivity index (χ4v) is 2.04. The molecule has 4 nitrogen and oxygen atoms in total. The number of aromatic nitrogens is 1. The molecular weight excluding hydrogens is 240 g/mol. The molecule has 0 radical (unpaired) electrons. The van der Waals surface area contributed by atoms with Crippen LogP contribution in [0.2, 0.25) is 0 Å². The van der Waals surface area contributed by atoms with Crippen LogP contribution < -0.4 is 10.2 Å². The van der Waals surface area contributed by atoms with Gasteiger partial charge in [-0.25, -0.2) is 13.8 Å². The molecule has 0 aromatic carbocycles. The van der Waals surface area contributed by atoms with Crippen molar-refractivity contribution in [1.29, 1.82) is 0 Å². The summed E-state index contributed by atoms with van der Waals surface area (Å²) in [6, 6.07) is 0.866. The van der Waals surface area contributed by atoms with Gasteiger partial charge in [-0.15, -0.1) is 0 Å². The first kappa shape index (κ1) is 13.0. The number of rotatable bonds is 2. The Hall–Kier alpha value is -1.43. The van der Waals surface area contributed by atoms with E-state index in [9.17, 15) is 8.78 Å². The third-order valence-electron chi connectivity index (χ3n) is 2.90. The van der Waals surface area contributed by atoms with Crippen LogP contribution in [0.1, 0.15) is 13.3 Å². The van der Waals surface area contributed by atoms with Crippen LogP contribution >= 0.6 is 0 Å². The van der Waals surface area contributed by atoms with Crippen molar-refractivity contribution in [3.63, 3.8) is 0 Å². The SMILES string of the molecule is CNc1nc(N2CCCOC(C)C2)c(F)cc1F. The van der Waals surface area contributed by atoms with Gasteiger partial charge in [0, 0.05) is 32.8 Å². The maximum Gasteiger partial charge on any atom is 0.168 e. The molecule has 100 valence electrons. The Morgan fingerprint density at radius 2 is 2.22 bits per heavy atom. The highest BCUT2D eigenvalue weighted by molar-refractivity contribution is 5.49. The van der Waals surface area contributed by atoms with Crippen LogP contribution in [-0.2, 0) is 4.74 Å². The zero-order chi connectivity index (χ0) is 13.1. The number of nitrogens with one attached hydrogen (secondary N) is 1. The van der Waals surface area contributed by atoms with E-state index in [2.05, 4.69) is 10.3 Å². The maximum absolute atomic E-state index is 13.8. The van der Waals surface area contributed by atoms with Crippen LogP contribution in [0.4, 0.5) is 20.4 Å². The molecule has 1 N–H and O–H groups in total. The van der Waals surface area contributed by atoms with Gasteiger partial charge in [-0.3, -0.25) is 0 Å². The lowest BCUT2D eigenvalue weighted by Gasteiger charge is -2.24. The lowest BCUT2D eigenvalue weighted by Crippen LogP contribution is -2.31. The molecule has 1 atom stereocenters. The average molecular weight is 257 g/mol. The van der Waals surface area contributed by atoms with Gasteiger partial charge in [-0.1, -0.05) is 0 Å². The third-order valence-corrected chi connectivity index (χ3v) is 2.90. The molecule has 18 heavy (non-hydrogen) atoms. The number of anilines is 2. The predicted molar refractivity (Wildman–Crippen MR) is 65.9 cm³/mol. The van der Waals surface area contributed by atoms with Gasteiger partial charge in [0.05, 0.1) is 6.10 Å². The second-order valence-electron chi connectivity index (χ2n) is 4.36. The van der Waals surface area contributed by atoms with E-state index in [1.807, 2.05) is 6.92 Å². The highest BCUT2D eigenvalue weighted by Gasteiger charge is 2.21. The van der Waals surface area contributed by atoms with Crippen LogP contribution in [0.25, 0.3) is 0 Å². The van der Waals surface area contributed by atoms with Gasteiger partial charge in [-0.2, -0.15) is 0 Å². The van der Waals surface area contributed by atoms with Gasteiger partial charge in [0.2, 0.25) is 0 Å². The number of halogens is 2. The zero-order valence-corrected chi connectivity index (χ0v) is 10.5. The van der Waals surface area contributed by atoms with Crippen LogP contribution in [0.5, 0.6) is 0 Å². The standard InChI is InChI=1S/C12H17F2N3O/c1-8-7-17(4-3-5-18-8)12-10(14)6-9(13)11(15-2)16-12/h6,8H,3-5,7H2,1-2H3,(H,15,16). The molecule has 2 rings (SSSR count). The van der Waals surface area contributed by atoms with E-state index in [-0.39, 0.29) is 17.7 Å². The average Bonchev–Trinajstić information content (AvgIpc) is 2.54. The summed E-state index contributed by atoms with van der Waals surface area (Å²) in [6.45, 7) is 3.79.